The molecule has 0 aliphatic heterocycles. The fourth-order valence-corrected chi connectivity index (χ4v) is 3.88. The van der Waals surface area contributed by atoms with Gasteiger partial charge in [-0.2, -0.15) is 0 Å². The van der Waals surface area contributed by atoms with Crippen molar-refractivity contribution in [2.45, 2.75) is 78.0 Å². The maximum absolute atomic E-state index is 13.1. The van der Waals surface area contributed by atoms with Crippen LogP contribution >= 0.6 is 0 Å². The van der Waals surface area contributed by atoms with Crippen LogP contribution in [-0.2, 0) is 25.6 Å². The van der Waals surface area contributed by atoms with Crippen LogP contribution in [-0.4, -0.2) is 57.9 Å². The number of H-pyrrole nitrogens is 1. The Morgan fingerprint density at radius 3 is 2.19 bits per heavy atom. The number of aliphatic carboxylic acids is 1. The summed E-state index contributed by atoms with van der Waals surface area (Å²) in [7, 11) is 0. The predicted molar refractivity (Wildman–Crippen MR) is 138 cm³/mol. The molecule has 5 atom stereocenters. The molecule has 1 aromatic heterocycles. The lowest BCUT2D eigenvalue weighted by molar-refractivity contribution is -0.142. The number of carboxylic acid groups (broad SMARTS) is 1. The largest absolute Gasteiger partial charge is 0.480 e. The number of nitrogens with one attached hydrogen (secondary N) is 4. The first-order chi connectivity index (χ1) is 16.9. The van der Waals surface area contributed by atoms with E-state index in [1.165, 1.54) is 6.92 Å². The van der Waals surface area contributed by atoms with Gasteiger partial charge in [-0.25, -0.2) is 4.79 Å². The van der Waals surface area contributed by atoms with Gasteiger partial charge in [0.05, 0.1) is 6.04 Å². The van der Waals surface area contributed by atoms with Crippen LogP contribution in [0.1, 0.15) is 53.0 Å². The van der Waals surface area contributed by atoms with Crippen LogP contribution in [0.25, 0.3) is 10.9 Å². The molecule has 198 valence electrons. The van der Waals surface area contributed by atoms with Gasteiger partial charge in [-0.1, -0.05) is 52.3 Å². The highest BCUT2D eigenvalue weighted by Crippen LogP contribution is 2.19. The van der Waals surface area contributed by atoms with Crippen LogP contribution in [0, 0.1) is 11.8 Å². The van der Waals surface area contributed by atoms with Crippen molar-refractivity contribution < 1.29 is 24.3 Å². The first-order valence-corrected chi connectivity index (χ1v) is 12.4. The Hall–Kier alpha value is -3.40. The minimum Gasteiger partial charge on any atom is -0.480 e. The van der Waals surface area contributed by atoms with Crippen molar-refractivity contribution in [1.29, 1.82) is 0 Å². The maximum atomic E-state index is 13.1. The second-order valence-corrected chi connectivity index (χ2v) is 9.80. The van der Waals surface area contributed by atoms with Gasteiger partial charge in [0.15, 0.2) is 0 Å². The maximum Gasteiger partial charge on any atom is 0.326 e. The van der Waals surface area contributed by atoms with E-state index < -0.39 is 47.9 Å². The molecule has 0 bridgehead atoms. The zero-order chi connectivity index (χ0) is 27.0. The van der Waals surface area contributed by atoms with Gasteiger partial charge < -0.3 is 31.8 Å². The molecule has 10 heteroatoms. The fraction of sp³-hybridized carbons (Fsp3) is 0.538. The van der Waals surface area contributed by atoms with Crippen LogP contribution in [0.5, 0.6) is 0 Å². The molecule has 2 aromatic rings. The van der Waals surface area contributed by atoms with Crippen LogP contribution in [0.4, 0.5) is 0 Å². The van der Waals surface area contributed by atoms with E-state index in [1.54, 1.807) is 6.20 Å². The number of fused-ring (bicyclic) bond motifs is 1. The minimum absolute atomic E-state index is 0.0432. The summed E-state index contributed by atoms with van der Waals surface area (Å²) in [4.78, 5) is 53.3. The lowest BCUT2D eigenvalue weighted by Crippen LogP contribution is -2.57. The van der Waals surface area contributed by atoms with Gasteiger partial charge in [0.25, 0.3) is 0 Å². The van der Waals surface area contributed by atoms with Gasteiger partial charge in [-0.3, -0.25) is 14.4 Å². The molecule has 0 aliphatic rings. The van der Waals surface area contributed by atoms with Crippen molar-refractivity contribution in [2.24, 2.45) is 17.6 Å². The standard InChI is InChI=1S/C26H39N5O5/c1-6-15(4)22(27)25(34)29-16(5)23(32)30-20(11-14(2)3)24(33)31-21(26(35)36)12-17-13-28-19-10-8-7-9-18(17)19/h7-10,13-16,20-22,28H,6,11-12,27H2,1-5H3,(H,29,34)(H,30,32)(H,31,33)(H,35,36). The summed E-state index contributed by atoms with van der Waals surface area (Å²) in [6.07, 6.45) is 2.82. The molecule has 0 fully saturated rings. The third-order valence-corrected chi connectivity index (χ3v) is 6.37. The normalized spacial score (nSPS) is 15.5. The number of carbonyl (C=O) groups is 4. The van der Waals surface area contributed by atoms with E-state index in [0.29, 0.717) is 6.42 Å². The number of aromatic nitrogens is 1. The molecule has 36 heavy (non-hydrogen) atoms. The predicted octanol–water partition coefficient (Wildman–Crippen LogP) is 1.69. The summed E-state index contributed by atoms with van der Waals surface area (Å²) in [5, 5.41) is 18.5. The van der Waals surface area contributed by atoms with E-state index in [2.05, 4.69) is 20.9 Å². The van der Waals surface area contributed by atoms with Gasteiger partial charge >= 0.3 is 5.97 Å². The molecular formula is C26H39N5O5. The molecule has 0 spiro atoms. The Labute approximate surface area is 211 Å². The highest BCUT2D eigenvalue weighted by atomic mass is 16.4. The molecule has 1 aromatic carbocycles. The Morgan fingerprint density at radius 2 is 1.58 bits per heavy atom. The number of amides is 3. The molecule has 10 nitrogen and oxygen atoms in total. The van der Waals surface area contributed by atoms with Gasteiger partial charge in [0.1, 0.15) is 18.1 Å². The zero-order valence-electron chi connectivity index (χ0n) is 21.6. The van der Waals surface area contributed by atoms with E-state index in [0.717, 1.165) is 22.9 Å². The van der Waals surface area contributed by atoms with Crippen LogP contribution < -0.4 is 21.7 Å². The Morgan fingerprint density at radius 1 is 0.944 bits per heavy atom. The third-order valence-electron chi connectivity index (χ3n) is 6.37. The van der Waals surface area contributed by atoms with Crippen molar-refractivity contribution in [1.82, 2.24) is 20.9 Å². The Balaban J connectivity index is 2.09. The van der Waals surface area contributed by atoms with E-state index in [-0.39, 0.29) is 18.3 Å². The highest BCUT2D eigenvalue weighted by molar-refractivity contribution is 5.94. The quantitative estimate of drug-likeness (QED) is 0.244. The minimum atomic E-state index is -1.19. The zero-order valence-corrected chi connectivity index (χ0v) is 21.6. The average Bonchev–Trinajstić information content (AvgIpc) is 3.24. The first-order valence-electron chi connectivity index (χ1n) is 12.4. The molecule has 1 heterocycles. The number of hydrogen-bond donors (Lipinski definition) is 6. The van der Waals surface area contributed by atoms with Crippen molar-refractivity contribution in [2.75, 3.05) is 0 Å². The van der Waals surface area contributed by atoms with Gasteiger partial charge in [-0.05, 0) is 36.8 Å². The van der Waals surface area contributed by atoms with E-state index in [9.17, 15) is 24.3 Å². The summed E-state index contributed by atoms with van der Waals surface area (Å²) < 4.78 is 0. The first kappa shape index (κ1) is 28.8. The van der Waals surface area contributed by atoms with Crippen molar-refractivity contribution >= 4 is 34.6 Å². The summed E-state index contributed by atoms with van der Waals surface area (Å²) in [6.45, 7) is 9.07. The SMILES string of the molecule is CCC(C)C(N)C(=O)NC(C)C(=O)NC(CC(C)C)C(=O)NC(Cc1c[nH]c2ccccc12)C(=O)O. The van der Waals surface area contributed by atoms with Gasteiger partial charge in [0.2, 0.25) is 17.7 Å². The van der Waals surface area contributed by atoms with Gasteiger partial charge in [0, 0.05) is 23.5 Å². The summed E-state index contributed by atoms with van der Waals surface area (Å²) in [6, 6.07) is 3.68. The number of carbonyl (C=O) groups excluding carboxylic acids is 3. The number of nitrogens with two attached hydrogens (primary N) is 1. The van der Waals surface area contributed by atoms with Crippen LogP contribution in [0.15, 0.2) is 30.5 Å². The molecule has 3 amide bonds. The van der Waals surface area contributed by atoms with Crippen molar-refractivity contribution in [3.8, 4) is 0 Å². The molecule has 0 aliphatic carbocycles. The van der Waals surface area contributed by atoms with Crippen LogP contribution in [0.2, 0.25) is 0 Å². The van der Waals surface area contributed by atoms with Crippen LogP contribution in [0.3, 0.4) is 0 Å². The van der Waals surface area contributed by atoms with Crippen molar-refractivity contribution in [3.63, 3.8) is 0 Å². The molecule has 0 radical (unpaired) electrons. The topological polar surface area (TPSA) is 166 Å². The molecule has 5 unspecified atom stereocenters. The second kappa shape index (κ2) is 13.1. The molecule has 0 saturated heterocycles. The van der Waals surface area contributed by atoms with Crippen molar-refractivity contribution in [3.05, 3.63) is 36.0 Å². The van der Waals surface area contributed by atoms with E-state index in [4.69, 9.17) is 5.73 Å². The number of para-hydroxylation sites is 1. The number of benzene rings is 1. The van der Waals surface area contributed by atoms with Gasteiger partial charge in [-0.15, -0.1) is 0 Å². The number of aromatic amines is 1. The lowest BCUT2D eigenvalue weighted by Gasteiger charge is -2.25. The number of rotatable bonds is 13. The molecular weight excluding hydrogens is 462 g/mol. The lowest BCUT2D eigenvalue weighted by atomic mass is 9.99. The summed E-state index contributed by atoms with van der Waals surface area (Å²) >= 11 is 0. The molecule has 7 N–H and O–H groups in total. The third kappa shape index (κ3) is 7.81. The van der Waals surface area contributed by atoms with E-state index >= 15 is 0 Å². The summed E-state index contributed by atoms with van der Waals surface area (Å²) in [5.41, 5.74) is 7.58. The number of carboxylic acids is 1. The Bertz CT molecular complexity index is 1070. The fourth-order valence-electron chi connectivity index (χ4n) is 3.88. The number of hydrogen-bond acceptors (Lipinski definition) is 5. The Kier molecular flexibility index (Phi) is 10.5. The smallest absolute Gasteiger partial charge is 0.326 e. The highest BCUT2D eigenvalue weighted by Gasteiger charge is 2.30. The second-order valence-electron chi connectivity index (χ2n) is 9.80. The average molecular weight is 502 g/mol. The molecule has 2 rings (SSSR count). The monoisotopic (exact) mass is 501 g/mol. The molecule has 0 saturated carbocycles. The summed E-state index contributed by atoms with van der Waals surface area (Å²) in [5.74, 6) is -2.78. The van der Waals surface area contributed by atoms with E-state index in [1.807, 2.05) is 52.0 Å².